The number of benzene rings is 3. The van der Waals surface area contributed by atoms with Crippen LogP contribution in [0.5, 0.6) is 5.75 Å². The van der Waals surface area contributed by atoms with E-state index in [1.54, 1.807) is 37.4 Å². The van der Waals surface area contributed by atoms with E-state index in [-0.39, 0.29) is 0 Å². The molecule has 0 radical (unpaired) electrons. The molecule has 5 heteroatoms. The molecule has 0 amide bonds. The lowest BCUT2D eigenvalue weighted by atomic mass is 10.1. The molecule has 158 valence electrons. The van der Waals surface area contributed by atoms with Crippen LogP contribution in [-0.4, -0.2) is 29.3 Å². The number of hydrogen-bond acceptors (Lipinski definition) is 4. The summed E-state index contributed by atoms with van der Waals surface area (Å²) in [4.78, 5) is 10.2. The number of carboxylic acid groups (broad SMARTS) is 1. The molecule has 0 aliphatic carbocycles. The van der Waals surface area contributed by atoms with E-state index in [0.29, 0.717) is 11.6 Å². The normalized spacial score (nSPS) is 12.2. The van der Waals surface area contributed by atoms with E-state index in [1.807, 2.05) is 18.2 Å². The minimum absolute atomic E-state index is 0.403. The zero-order chi connectivity index (χ0) is 21.8. The lowest BCUT2D eigenvalue weighted by Gasteiger charge is -2.14. The summed E-state index contributed by atoms with van der Waals surface area (Å²) >= 11 is 0. The summed E-state index contributed by atoms with van der Waals surface area (Å²) < 4.78 is 5.16. The molecule has 0 spiro atoms. The first-order chi connectivity index (χ1) is 14.5. The number of aliphatic hydroxyl groups is 1. The molecule has 0 bridgehead atoms. The number of aliphatic hydroxyl groups excluding tert-OH is 1. The van der Waals surface area contributed by atoms with Gasteiger partial charge in [-0.3, -0.25) is 0 Å². The minimum atomic E-state index is -1.41. The maximum Gasteiger partial charge on any atom is 0.337 e. The van der Waals surface area contributed by atoms with Crippen molar-refractivity contribution in [1.29, 1.82) is 0 Å². The van der Waals surface area contributed by atoms with Gasteiger partial charge in [-0.15, -0.1) is 0 Å². The molecule has 0 aliphatic heterocycles. The fourth-order valence-corrected chi connectivity index (χ4v) is 2.85. The van der Waals surface area contributed by atoms with Gasteiger partial charge >= 0.3 is 5.97 Å². The van der Waals surface area contributed by atoms with Gasteiger partial charge in [-0.1, -0.05) is 72.8 Å². The van der Waals surface area contributed by atoms with Crippen LogP contribution in [0.3, 0.4) is 0 Å². The van der Waals surface area contributed by atoms with Crippen LogP contribution in [0.25, 0.3) is 0 Å². The SMILES string of the molecule is COc1ccc(C[C@@H](C)NCc2ccccc2)cc1.O=C(O)[C@@H](O)c1ccccc1. The first-order valence-corrected chi connectivity index (χ1v) is 9.85. The molecule has 2 atom stereocenters. The fourth-order valence-electron chi connectivity index (χ4n) is 2.85. The van der Waals surface area contributed by atoms with Gasteiger partial charge in [0.1, 0.15) is 5.75 Å². The number of hydrogen-bond donors (Lipinski definition) is 3. The summed E-state index contributed by atoms with van der Waals surface area (Å²) in [5, 5.41) is 20.9. The Morgan fingerprint density at radius 1 is 0.900 bits per heavy atom. The Kier molecular flexibility index (Phi) is 9.58. The van der Waals surface area contributed by atoms with E-state index < -0.39 is 12.1 Å². The van der Waals surface area contributed by atoms with Gasteiger partial charge < -0.3 is 20.3 Å². The van der Waals surface area contributed by atoms with Crippen LogP contribution < -0.4 is 10.1 Å². The van der Waals surface area contributed by atoms with E-state index in [2.05, 4.69) is 48.6 Å². The van der Waals surface area contributed by atoms with Crippen molar-refractivity contribution >= 4 is 5.97 Å². The predicted molar refractivity (Wildman–Crippen MR) is 118 cm³/mol. The molecule has 0 fully saturated rings. The van der Waals surface area contributed by atoms with Crippen molar-refractivity contribution in [2.45, 2.75) is 32.0 Å². The van der Waals surface area contributed by atoms with Crippen LogP contribution in [0.2, 0.25) is 0 Å². The highest BCUT2D eigenvalue weighted by Gasteiger charge is 2.14. The summed E-state index contributed by atoms with van der Waals surface area (Å²) in [5.41, 5.74) is 3.05. The molecule has 3 N–H and O–H groups in total. The van der Waals surface area contributed by atoms with E-state index in [0.717, 1.165) is 18.7 Å². The van der Waals surface area contributed by atoms with Crippen molar-refractivity contribution in [2.75, 3.05) is 7.11 Å². The van der Waals surface area contributed by atoms with Gasteiger partial charge in [0.2, 0.25) is 0 Å². The Bertz CT molecular complexity index is 867. The van der Waals surface area contributed by atoms with Crippen molar-refractivity contribution < 1.29 is 19.7 Å². The summed E-state index contributed by atoms with van der Waals surface area (Å²) in [6.45, 7) is 3.13. The largest absolute Gasteiger partial charge is 0.497 e. The van der Waals surface area contributed by atoms with Crippen LogP contribution in [-0.2, 0) is 17.8 Å². The smallest absolute Gasteiger partial charge is 0.337 e. The molecule has 3 rings (SSSR count). The molecular weight excluding hydrogens is 378 g/mol. The lowest BCUT2D eigenvalue weighted by Crippen LogP contribution is -2.27. The van der Waals surface area contributed by atoms with Crippen LogP contribution in [0, 0.1) is 0 Å². The van der Waals surface area contributed by atoms with Gasteiger partial charge in [0.25, 0.3) is 0 Å². The highest BCUT2D eigenvalue weighted by molar-refractivity contribution is 5.73. The molecule has 30 heavy (non-hydrogen) atoms. The molecule has 0 saturated carbocycles. The predicted octanol–water partition coefficient (Wildman–Crippen LogP) is 4.22. The average molecular weight is 408 g/mol. The van der Waals surface area contributed by atoms with Gasteiger partial charge in [-0.25, -0.2) is 4.79 Å². The number of aliphatic carboxylic acids is 1. The van der Waals surface area contributed by atoms with Crippen molar-refractivity contribution in [1.82, 2.24) is 5.32 Å². The van der Waals surface area contributed by atoms with Gasteiger partial charge in [0.05, 0.1) is 7.11 Å². The van der Waals surface area contributed by atoms with Gasteiger partial charge in [-0.05, 0) is 42.2 Å². The number of methoxy groups -OCH3 is 1. The van der Waals surface area contributed by atoms with Gasteiger partial charge in [-0.2, -0.15) is 0 Å². The molecule has 3 aromatic carbocycles. The van der Waals surface area contributed by atoms with Crippen LogP contribution in [0.4, 0.5) is 0 Å². The molecule has 0 saturated heterocycles. The molecule has 0 aliphatic rings. The van der Waals surface area contributed by atoms with E-state index in [4.69, 9.17) is 14.9 Å². The van der Waals surface area contributed by atoms with Crippen molar-refractivity contribution in [3.8, 4) is 5.75 Å². The summed E-state index contributed by atoms with van der Waals surface area (Å²) in [7, 11) is 1.69. The first-order valence-electron chi connectivity index (χ1n) is 9.85. The monoisotopic (exact) mass is 407 g/mol. The van der Waals surface area contributed by atoms with Crippen molar-refractivity contribution in [3.05, 3.63) is 102 Å². The second kappa shape index (κ2) is 12.4. The zero-order valence-corrected chi connectivity index (χ0v) is 17.4. The average Bonchev–Trinajstić information content (AvgIpc) is 2.79. The zero-order valence-electron chi connectivity index (χ0n) is 17.4. The summed E-state index contributed by atoms with van der Waals surface area (Å²) in [6.07, 6.45) is -0.382. The van der Waals surface area contributed by atoms with Crippen molar-refractivity contribution in [2.24, 2.45) is 0 Å². The Balaban J connectivity index is 0.000000248. The topological polar surface area (TPSA) is 78.8 Å². The quantitative estimate of drug-likeness (QED) is 0.521. The Labute approximate surface area is 178 Å². The molecule has 5 nitrogen and oxygen atoms in total. The lowest BCUT2D eigenvalue weighted by molar-refractivity contribution is -0.146. The second-order valence-electron chi connectivity index (χ2n) is 6.97. The first kappa shape index (κ1) is 23.1. The number of carboxylic acids is 1. The molecular formula is C25H29NO4. The van der Waals surface area contributed by atoms with E-state index in [9.17, 15) is 4.79 Å². The third-order valence-corrected chi connectivity index (χ3v) is 4.55. The minimum Gasteiger partial charge on any atom is -0.497 e. The number of rotatable bonds is 8. The van der Waals surface area contributed by atoms with Crippen LogP contribution >= 0.6 is 0 Å². The Morgan fingerprint density at radius 2 is 1.47 bits per heavy atom. The molecule has 0 aromatic heterocycles. The van der Waals surface area contributed by atoms with E-state index in [1.165, 1.54) is 11.1 Å². The highest BCUT2D eigenvalue weighted by Crippen LogP contribution is 2.13. The standard InChI is InChI=1S/C17H21NO.C8H8O3/c1-14(18-13-16-6-4-3-5-7-16)12-15-8-10-17(19-2)11-9-15;9-7(8(10)11)6-4-2-1-3-5-6/h3-11,14,18H,12-13H2,1-2H3;1-5,7,9H,(H,10,11)/t14-;7-/m10/s1. The third kappa shape index (κ3) is 8.07. The molecule has 0 unspecified atom stereocenters. The van der Waals surface area contributed by atoms with Crippen molar-refractivity contribution in [3.63, 3.8) is 0 Å². The fraction of sp³-hybridized carbons (Fsp3) is 0.240. The second-order valence-corrected chi connectivity index (χ2v) is 6.97. The third-order valence-electron chi connectivity index (χ3n) is 4.55. The number of ether oxygens (including phenoxy) is 1. The Morgan fingerprint density at radius 3 is 2.00 bits per heavy atom. The van der Waals surface area contributed by atoms with Gasteiger partial charge in [0.15, 0.2) is 6.10 Å². The maximum absolute atomic E-state index is 10.2. The summed E-state index contributed by atoms with van der Waals surface area (Å²) in [5.74, 6) is -0.315. The van der Waals surface area contributed by atoms with E-state index >= 15 is 0 Å². The summed E-state index contributed by atoms with van der Waals surface area (Å²) in [6, 6.07) is 27.5. The molecule has 0 heterocycles. The maximum atomic E-state index is 10.2. The number of nitrogens with one attached hydrogen (secondary N) is 1. The van der Waals surface area contributed by atoms with Crippen LogP contribution in [0.15, 0.2) is 84.9 Å². The highest BCUT2D eigenvalue weighted by atomic mass is 16.5. The van der Waals surface area contributed by atoms with Crippen LogP contribution in [0.1, 0.15) is 29.7 Å². The number of carbonyl (C=O) groups is 1. The Hall–Kier alpha value is -3.15. The van der Waals surface area contributed by atoms with Gasteiger partial charge in [0, 0.05) is 12.6 Å². The molecule has 3 aromatic rings.